The summed E-state index contributed by atoms with van der Waals surface area (Å²) in [6, 6.07) is 2.52. The molecule has 0 saturated heterocycles. The van der Waals surface area contributed by atoms with E-state index in [2.05, 4.69) is 10.3 Å². The summed E-state index contributed by atoms with van der Waals surface area (Å²) in [6.45, 7) is 0.433. The Hall–Kier alpha value is -1.30. The van der Waals surface area contributed by atoms with E-state index in [0.717, 1.165) is 6.07 Å². The fourth-order valence-electron chi connectivity index (χ4n) is 1.12. The lowest BCUT2D eigenvalue weighted by atomic mass is 10.2. The zero-order valence-electron chi connectivity index (χ0n) is 8.90. The Labute approximate surface area is 95.7 Å². The van der Waals surface area contributed by atoms with E-state index in [0.29, 0.717) is 18.7 Å². The van der Waals surface area contributed by atoms with E-state index in [4.69, 9.17) is 0 Å². The van der Waals surface area contributed by atoms with Crippen molar-refractivity contribution >= 4 is 16.7 Å². The van der Waals surface area contributed by atoms with E-state index in [1.54, 1.807) is 6.26 Å². The van der Waals surface area contributed by atoms with Gasteiger partial charge in [0, 0.05) is 47.2 Å². The van der Waals surface area contributed by atoms with Crippen molar-refractivity contribution in [3.63, 3.8) is 0 Å². The van der Waals surface area contributed by atoms with E-state index >= 15 is 0 Å². The molecule has 1 rings (SSSR count). The normalized spacial score (nSPS) is 12.1. The highest BCUT2D eigenvalue weighted by Crippen LogP contribution is 1.99. The number of nitrogens with one attached hydrogen (secondary N) is 1. The number of pyridine rings is 1. The molecule has 1 unspecified atom stereocenters. The van der Waals surface area contributed by atoms with E-state index in [9.17, 15) is 13.4 Å². The standard InChI is InChI=1S/C10H13FN2O2S/c1-16(15)6-2-4-13-10(14)8-3-5-12-9(11)7-8/h3,5,7H,2,4,6H2,1H3,(H,13,14). The molecule has 6 heteroatoms. The van der Waals surface area contributed by atoms with Crippen molar-refractivity contribution in [2.24, 2.45) is 0 Å². The molecule has 0 spiro atoms. The summed E-state index contributed by atoms with van der Waals surface area (Å²) in [4.78, 5) is 14.8. The van der Waals surface area contributed by atoms with E-state index < -0.39 is 16.7 Å². The molecule has 1 heterocycles. The van der Waals surface area contributed by atoms with Gasteiger partial charge in [0.15, 0.2) is 0 Å². The van der Waals surface area contributed by atoms with Crippen LogP contribution in [0.5, 0.6) is 0 Å². The molecule has 1 amide bonds. The van der Waals surface area contributed by atoms with Crippen LogP contribution in [0, 0.1) is 5.95 Å². The Balaban J connectivity index is 2.38. The van der Waals surface area contributed by atoms with E-state index in [1.807, 2.05) is 0 Å². The summed E-state index contributed by atoms with van der Waals surface area (Å²) >= 11 is 0. The number of carbonyl (C=O) groups is 1. The first-order chi connectivity index (χ1) is 7.59. The minimum Gasteiger partial charge on any atom is -0.352 e. The minimum atomic E-state index is -0.850. The van der Waals surface area contributed by atoms with Gasteiger partial charge in [0.25, 0.3) is 5.91 Å². The molecule has 1 atom stereocenters. The zero-order valence-corrected chi connectivity index (χ0v) is 9.72. The number of hydrogen-bond acceptors (Lipinski definition) is 3. The van der Waals surface area contributed by atoms with Crippen molar-refractivity contribution in [1.29, 1.82) is 0 Å². The van der Waals surface area contributed by atoms with Gasteiger partial charge in [0.2, 0.25) is 5.95 Å². The number of rotatable bonds is 5. The fourth-order valence-corrected chi connectivity index (χ4v) is 1.67. The summed E-state index contributed by atoms with van der Waals surface area (Å²) < 4.78 is 23.4. The molecule has 0 radical (unpaired) electrons. The average molecular weight is 244 g/mol. The third-order valence-electron chi connectivity index (χ3n) is 1.88. The van der Waals surface area contributed by atoms with Crippen LogP contribution in [0.15, 0.2) is 18.3 Å². The number of nitrogens with zero attached hydrogens (tertiary/aromatic N) is 1. The highest BCUT2D eigenvalue weighted by molar-refractivity contribution is 7.84. The van der Waals surface area contributed by atoms with Crippen LogP contribution in [-0.4, -0.2) is 33.7 Å². The minimum absolute atomic E-state index is 0.241. The molecule has 4 nitrogen and oxygen atoms in total. The molecule has 0 aliphatic heterocycles. The summed E-state index contributed by atoms with van der Waals surface area (Å²) in [7, 11) is -0.850. The van der Waals surface area contributed by atoms with Crippen molar-refractivity contribution in [2.75, 3.05) is 18.6 Å². The lowest BCUT2D eigenvalue weighted by molar-refractivity contribution is 0.0953. The maximum atomic E-state index is 12.7. The predicted octanol–water partition coefficient (Wildman–Crippen LogP) is 0.719. The summed E-state index contributed by atoms with van der Waals surface area (Å²) in [5, 5.41) is 2.61. The Morgan fingerprint density at radius 2 is 2.38 bits per heavy atom. The summed E-state index contributed by atoms with van der Waals surface area (Å²) in [6.07, 6.45) is 3.49. The third-order valence-corrected chi connectivity index (χ3v) is 2.75. The van der Waals surface area contributed by atoms with Crippen LogP contribution in [0.2, 0.25) is 0 Å². The van der Waals surface area contributed by atoms with Crippen molar-refractivity contribution in [1.82, 2.24) is 10.3 Å². The molecule has 0 aromatic carbocycles. The summed E-state index contributed by atoms with van der Waals surface area (Å²) in [5.41, 5.74) is 0.241. The van der Waals surface area contributed by atoms with E-state index in [1.165, 1.54) is 12.3 Å². The molecule has 1 aromatic heterocycles. The van der Waals surface area contributed by atoms with Crippen molar-refractivity contribution < 1.29 is 13.4 Å². The molecule has 1 N–H and O–H groups in total. The quantitative estimate of drug-likeness (QED) is 0.613. The largest absolute Gasteiger partial charge is 0.352 e. The van der Waals surface area contributed by atoms with Crippen molar-refractivity contribution in [2.45, 2.75) is 6.42 Å². The number of carbonyl (C=O) groups excluding carboxylic acids is 1. The number of aromatic nitrogens is 1. The Kier molecular flexibility index (Phi) is 5.04. The third kappa shape index (κ3) is 4.48. The van der Waals surface area contributed by atoms with Crippen LogP contribution in [0.4, 0.5) is 4.39 Å². The van der Waals surface area contributed by atoms with Gasteiger partial charge < -0.3 is 5.32 Å². The zero-order chi connectivity index (χ0) is 12.0. The molecule has 1 aromatic rings. The van der Waals surface area contributed by atoms with Crippen LogP contribution < -0.4 is 5.32 Å². The molecule has 16 heavy (non-hydrogen) atoms. The molecule has 0 fully saturated rings. The van der Waals surface area contributed by atoms with Gasteiger partial charge in [-0.1, -0.05) is 0 Å². The molecule has 0 aliphatic rings. The van der Waals surface area contributed by atoms with Crippen LogP contribution >= 0.6 is 0 Å². The van der Waals surface area contributed by atoms with Gasteiger partial charge in [-0.2, -0.15) is 4.39 Å². The maximum Gasteiger partial charge on any atom is 0.251 e. The van der Waals surface area contributed by atoms with E-state index in [-0.39, 0.29) is 11.5 Å². The molecule has 88 valence electrons. The second-order valence-corrected chi connectivity index (χ2v) is 4.81. The SMILES string of the molecule is CS(=O)CCCNC(=O)c1ccnc(F)c1. The fraction of sp³-hybridized carbons (Fsp3) is 0.400. The Morgan fingerprint density at radius 3 is 3.00 bits per heavy atom. The predicted molar refractivity (Wildman–Crippen MR) is 60.1 cm³/mol. The molecule has 0 bridgehead atoms. The lowest BCUT2D eigenvalue weighted by Crippen LogP contribution is -2.25. The van der Waals surface area contributed by atoms with Gasteiger partial charge in [0.05, 0.1) is 0 Å². The Morgan fingerprint density at radius 1 is 1.62 bits per heavy atom. The molecular weight excluding hydrogens is 231 g/mol. The highest BCUT2D eigenvalue weighted by atomic mass is 32.2. The smallest absolute Gasteiger partial charge is 0.251 e. The molecule has 0 aliphatic carbocycles. The van der Waals surface area contributed by atoms with Gasteiger partial charge in [-0.05, 0) is 12.5 Å². The lowest BCUT2D eigenvalue weighted by Gasteiger charge is -2.04. The van der Waals surface area contributed by atoms with Crippen molar-refractivity contribution in [3.05, 3.63) is 29.8 Å². The van der Waals surface area contributed by atoms with Crippen LogP contribution in [0.3, 0.4) is 0 Å². The topological polar surface area (TPSA) is 59.1 Å². The highest BCUT2D eigenvalue weighted by Gasteiger charge is 2.05. The first kappa shape index (κ1) is 12.8. The second kappa shape index (κ2) is 6.32. The monoisotopic (exact) mass is 244 g/mol. The first-order valence-corrected chi connectivity index (χ1v) is 6.52. The van der Waals surface area contributed by atoms with Gasteiger partial charge >= 0.3 is 0 Å². The van der Waals surface area contributed by atoms with Gasteiger partial charge in [0.1, 0.15) is 0 Å². The van der Waals surface area contributed by atoms with Gasteiger partial charge in [-0.3, -0.25) is 9.00 Å². The molecule has 0 saturated carbocycles. The summed E-state index contributed by atoms with van der Waals surface area (Å²) in [5.74, 6) is -0.476. The van der Waals surface area contributed by atoms with Crippen LogP contribution in [0.25, 0.3) is 0 Å². The van der Waals surface area contributed by atoms with Crippen LogP contribution in [0.1, 0.15) is 16.8 Å². The van der Waals surface area contributed by atoms with Gasteiger partial charge in [-0.15, -0.1) is 0 Å². The van der Waals surface area contributed by atoms with Crippen molar-refractivity contribution in [3.8, 4) is 0 Å². The Bertz CT molecular complexity index is 398. The average Bonchev–Trinajstić information content (AvgIpc) is 2.24. The molecular formula is C10H13FN2O2S. The first-order valence-electron chi connectivity index (χ1n) is 4.79. The number of amides is 1. The number of hydrogen-bond donors (Lipinski definition) is 1. The second-order valence-electron chi connectivity index (χ2n) is 3.25. The van der Waals surface area contributed by atoms with Crippen LogP contribution in [-0.2, 0) is 10.8 Å². The number of halogens is 1. The van der Waals surface area contributed by atoms with Gasteiger partial charge in [-0.25, -0.2) is 4.98 Å². The maximum absolute atomic E-state index is 12.7.